The van der Waals surface area contributed by atoms with Crippen molar-refractivity contribution in [2.75, 3.05) is 22.9 Å². The minimum Gasteiger partial charge on any atom is -0.466 e. The SMILES string of the molecule is CCOC(=O)CCC(=O)Nc1ccc(NS(C)(=O)=O)c(Cl)c1. The van der Waals surface area contributed by atoms with Crippen LogP contribution in [-0.4, -0.2) is 33.2 Å². The highest BCUT2D eigenvalue weighted by Crippen LogP contribution is 2.26. The highest BCUT2D eigenvalue weighted by Gasteiger charge is 2.10. The number of hydrogen-bond acceptors (Lipinski definition) is 5. The maximum atomic E-state index is 11.7. The molecule has 0 bridgehead atoms. The number of halogens is 1. The number of carbonyl (C=O) groups excluding carboxylic acids is 2. The Morgan fingerprint density at radius 3 is 2.50 bits per heavy atom. The first kappa shape index (κ1) is 18.2. The van der Waals surface area contributed by atoms with Gasteiger partial charge in [-0.2, -0.15) is 0 Å². The minimum atomic E-state index is -3.43. The molecule has 0 aliphatic carbocycles. The number of amides is 1. The normalized spacial score (nSPS) is 10.9. The van der Waals surface area contributed by atoms with Crippen LogP contribution in [0.25, 0.3) is 0 Å². The summed E-state index contributed by atoms with van der Waals surface area (Å²) in [5.74, 6) is -0.809. The molecule has 0 heterocycles. The molecule has 0 atom stereocenters. The number of sulfonamides is 1. The van der Waals surface area contributed by atoms with Crippen molar-refractivity contribution in [2.45, 2.75) is 19.8 Å². The lowest BCUT2D eigenvalue weighted by Gasteiger charge is -2.09. The molecule has 22 heavy (non-hydrogen) atoms. The molecule has 1 aromatic rings. The van der Waals surface area contributed by atoms with Gasteiger partial charge in [-0.3, -0.25) is 14.3 Å². The van der Waals surface area contributed by atoms with Crippen LogP contribution in [-0.2, 0) is 24.3 Å². The lowest BCUT2D eigenvalue weighted by atomic mass is 10.2. The maximum Gasteiger partial charge on any atom is 0.306 e. The van der Waals surface area contributed by atoms with Crippen LogP contribution >= 0.6 is 11.6 Å². The summed E-state index contributed by atoms with van der Waals surface area (Å²) >= 11 is 5.94. The second kappa shape index (κ2) is 8.00. The van der Waals surface area contributed by atoms with E-state index in [-0.39, 0.29) is 36.1 Å². The standard InChI is InChI=1S/C13H17ClN2O5S/c1-3-21-13(18)7-6-12(17)15-9-4-5-11(10(14)8-9)16-22(2,19)20/h4-5,8,16H,3,6-7H2,1-2H3,(H,15,17). The van der Waals surface area contributed by atoms with E-state index < -0.39 is 16.0 Å². The van der Waals surface area contributed by atoms with Gasteiger partial charge in [0.25, 0.3) is 0 Å². The van der Waals surface area contributed by atoms with E-state index in [1.54, 1.807) is 6.92 Å². The molecule has 1 amide bonds. The molecule has 0 unspecified atom stereocenters. The van der Waals surface area contributed by atoms with Gasteiger partial charge in [-0.1, -0.05) is 11.6 Å². The van der Waals surface area contributed by atoms with Crippen LogP contribution in [0.5, 0.6) is 0 Å². The van der Waals surface area contributed by atoms with Crippen molar-refractivity contribution in [3.63, 3.8) is 0 Å². The molecule has 0 radical (unpaired) electrons. The largest absolute Gasteiger partial charge is 0.466 e. The molecule has 0 aliphatic rings. The molecule has 0 fully saturated rings. The molecule has 0 aliphatic heterocycles. The van der Waals surface area contributed by atoms with Crippen LogP contribution in [0.4, 0.5) is 11.4 Å². The van der Waals surface area contributed by atoms with Gasteiger partial charge in [-0.15, -0.1) is 0 Å². The third-order valence-corrected chi connectivity index (χ3v) is 3.31. The van der Waals surface area contributed by atoms with Crippen molar-refractivity contribution in [3.05, 3.63) is 23.2 Å². The van der Waals surface area contributed by atoms with Crippen molar-refractivity contribution in [2.24, 2.45) is 0 Å². The van der Waals surface area contributed by atoms with E-state index in [2.05, 4.69) is 10.0 Å². The molecule has 1 rings (SSSR count). The van der Waals surface area contributed by atoms with Gasteiger partial charge in [-0.25, -0.2) is 8.42 Å². The molecule has 2 N–H and O–H groups in total. The zero-order valence-corrected chi connectivity index (χ0v) is 13.8. The van der Waals surface area contributed by atoms with Gasteiger partial charge in [0.1, 0.15) is 0 Å². The van der Waals surface area contributed by atoms with Gasteiger partial charge in [0, 0.05) is 12.1 Å². The van der Waals surface area contributed by atoms with Crippen LogP contribution < -0.4 is 10.0 Å². The highest BCUT2D eigenvalue weighted by atomic mass is 35.5. The summed E-state index contributed by atoms with van der Waals surface area (Å²) in [7, 11) is -3.43. The van der Waals surface area contributed by atoms with E-state index in [1.165, 1.54) is 18.2 Å². The van der Waals surface area contributed by atoms with Gasteiger partial charge in [0.2, 0.25) is 15.9 Å². The van der Waals surface area contributed by atoms with Crippen LogP contribution in [0.15, 0.2) is 18.2 Å². The average Bonchev–Trinajstić information content (AvgIpc) is 2.39. The molecule has 7 nitrogen and oxygen atoms in total. The van der Waals surface area contributed by atoms with Crippen LogP contribution in [0.3, 0.4) is 0 Å². The third kappa shape index (κ3) is 6.77. The number of carbonyl (C=O) groups is 2. The lowest BCUT2D eigenvalue weighted by Crippen LogP contribution is -2.15. The molecule has 0 spiro atoms. The molecule has 9 heteroatoms. The van der Waals surface area contributed by atoms with Crippen LogP contribution in [0.2, 0.25) is 5.02 Å². The van der Waals surface area contributed by atoms with Gasteiger partial charge in [0.05, 0.1) is 30.0 Å². The fourth-order valence-corrected chi connectivity index (χ4v) is 2.41. The Hall–Kier alpha value is -1.80. The topological polar surface area (TPSA) is 102 Å². The molecule has 122 valence electrons. The van der Waals surface area contributed by atoms with E-state index >= 15 is 0 Å². The fourth-order valence-electron chi connectivity index (χ4n) is 1.55. The maximum absolute atomic E-state index is 11.7. The van der Waals surface area contributed by atoms with Crippen LogP contribution in [0, 0.1) is 0 Å². The molecular weight excluding hydrogens is 332 g/mol. The third-order valence-electron chi connectivity index (χ3n) is 2.41. The summed E-state index contributed by atoms with van der Waals surface area (Å²) in [6.07, 6.45) is 0.981. The number of nitrogens with one attached hydrogen (secondary N) is 2. The molecular formula is C13H17ClN2O5S. The van der Waals surface area contributed by atoms with Crippen molar-refractivity contribution >= 4 is 44.9 Å². The van der Waals surface area contributed by atoms with E-state index in [4.69, 9.17) is 16.3 Å². The van der Waals surface area contributed by atoms with Crippen molar-refractivity contribution in [1.29, 1.82) is 0 Å². The predicted octanol–water partition coefficient (Wildman–Crippen LogP) is 1.99. The summed E-state index contributed by atoms with van der Waals surface area (Å²) in [6.45, 7) is 1.96. The lowest BCUT2D eigenvalue weighted by molar-refractivity contribution is -0.144. The number of anilines is 2. The first-order chi connectivity index (χ1) is 10.2. The van der Waals surface area contributed by atoms with E-state index in [9.17, 15) is 18.0 Å². The summed E-state index contributed by atoms with van der Waals surface area (Å²) in [4.78, 5) is 22.8. The summed E-state index contributed by atoms with van der Waals surface area (Å²) < 4.78 is 29.2. The molecule has 1 aromatic carbocycles. The van der Waals surface area contributed by atoms with Gasteiger partial charge in [-0.05, 0) is 25.1 Å². The smallest absolute Gasteiger partial charge is 0.306 e. The summed E-state index contributed by atoms with van der Waals surface area (Å²) in [6, 6.07) is 4.35. The van der Waals surface area contributed by atoms with Gasteiger partial charge < -0.3 is 10.1 Å². The Kier molecular flexibility index (Phi) is 6.63. The zero-order valence-electron chi connectivity index (χ0n) is 12.2. The fraction of sp³-hybridized carbons (Fsp3) is 0.385. The Bertz CT molecular complexity index is 660. The van der Waals surface area contributed by atoms with Crippen molar-refractivity contribution < 1.29 is 22.7 Å². The van der Waals surface area contributed by atoms with Crippen LogP contribution in [0.1, 0.15) is 19.8 Å². The molecule has 0 saturated carbocycles. The number of ether oxygens (including phenoxy) is 1. The second-order valence-electron chi connectivity index (χ2n) is 4.42. The number of benzene rings is 1. The first-order valence-corrected chi connectivity index (χ1v) is 8.71. The first-order valence-electron chi connectivity index (χ1n) is 6.44. The van der Waals surface area contributed by atoms with Crippen molar-refractivity contribution in [1.82, 2.24) is 0 Å². The Morgan fingerprint density at radius 1 is 1.27 bits per heavy atom. The number of rotatable bonds is 7. The highest BCUT2D eigenvalue weighted by molar-refractivity contribution is 7.92. The van der Waals surface area contributed by atoms with E-state index in [1.807, 2.05) is 0 Å². The number of esters is 1. The quantitative estimate of drug-likeness (QED) is 0.734. The van der Waals surface area contributed by atoms with Gasteiger partial charge in [0.15, 0.2) is 0 Å². The average molecular weight is 349 g/mol. The monoisotopic (exact) mass is 348 g/mol. The number of hydrogen-bond donors (Lipinski definition) is 2. The Morgan fingerprint density at radius 2 is 1.95 bits per heavy atom. The second-order valence-corrected chi connectivity index (χ2v) is 6.58. The zero-order chi connectivity index (χ0) is 16.8. The Labute approximate surface area is 134 Å². The summed E-state index contributed by atoms with van der Waals surface area (Å²) in [5, 5.41) is 2.71. The van der Waals surface area contributed by atoms with Gasteiger partial charge >= 0.3 is 5.97 Å². The molecule has 0 saturated heterocycles. The minimum absolute atomic E-state index is 0.0128. The predicted molar refractivity (Wildman–Crippen MR) is 84.4 cm³/mol. The van der Waals surface area contributed by atoms with Crippen molar-refractivity contribution in [3.8, 4) is 0 Å². The van der Waals surface area contributed by atoms with E-state index in [0.29, 0.717) is 5.69 Å². The molecule has 0 aromatic heterocycles. The Balaban J connectivity index is 2.61. The summed E-state index contributed by atoms with van der Waals surface area (Å²) in [5.41, 5.74) is 0.617. The van der Waals surface area contributed by atoms with E-state index in [0.717, 1.165) is 6.26 Å².